The summed E-state index contributed by atoms with van der Waals surface area (Å²) in [5.41, 5.74) is 2.01. The summed E-state index contributed by atoms with van der Waals surface area (Å²) in [6.45, 7) is 6.85. The van der Waals surface area contributed by atoms with Crippen molar-refractivity contribution in [2.45, 2.75) is 33.2 Å². The highest BCUT2D eigenvalue weighted by Gasteiger charge is 2.12. The van der Waals surface area contributed by atoms with Crippen molar-refractivity contribution in [3.05, 3.63) is 60.6 Å². The van der Waals surface area contributed by atoms with Crippen molar-refractivity contribution >= 4 is 11.8 Å². The molecule has 0 saturated heterocycles. The maximum Gasteiger partial charge on any atom is 0.227 e. The molecule has 0 saturated carbocycles. The van der Waals surface area contributed by atoms with Gasteiger partial charge in [0.2, 0.25) is 5.95 Å². The molecule has 2 heterocycles. The highest BCUT2D eigenvalue weighted by molar-refractivity contribution is 5.64. The summed E-state index contributed by atoms with van der Waals surface area (Å²) in [5.74, 6) is 2.46. The summed E-state index contributed by atoms with van der Waals surface area (Å²) in [4.78, 5) is 11.9. The monoisotopic (exact) mass is 350 g/mol. The second kappa shape index (κ2) is 9.04. The predicted molar refractivity (Wildman–Crippen MR) is 106 cm³/mol. The average Bonchev–Trinajstić information content (AvgIpc) is 3.20. The zero-order valence-corrected chi connectivity index (χ0v) is 15.5. The molecule has 0 fully saturated rings. The second-order valence-corrected chi connectivity index (χ2v) is 6.22. The summed E-state index contributed by atoms with van der Waals surface area (Å²) in [6.07, 6.45) is 3.81. The lowest BCUT2D eigenvalue weighted by atomic mass is 10.1. The fraction of sp³-hybridized carbons (Fsp3) is 0.333. The van der Waals surface area contributed by atoms with Crippen LogP contribution < -0.4 is 10.2 Å². The van der Waals surface area contributed by atoms with Crippen molar-refractivity contribution in [3.63, 3.8) is 0 Å². The third kappa shape index (κ3) is 4.63. The number of hydrogen-bond donors (Lipinski definition) is 1. The summed E-state index contributed by atoms with van der Waals surface area (Å²) < 4.78 is 5.41. The van der Waals surface area contributed by atoms with Gasteiger partial charge in [0.15, 0.2) is 0 Å². The standard InChI is InChI=1S/C21H26N4O/c1-3-12-25(13-4-2)21-23-19(17-9-6-5-7-10-17)15-20(24-21)22-16-18-11-8-14-26-18/h5-11,14-15H,3-4,12-13,16H2,1-2H3,(H,22,23,24). The Morgan fingerprint density at radius 2 is 1.73 bits per heavy atom. The van der Waals surface area contributed by atoms with Gasteiger partial charge in [0.25, 0.3) is 0 Å². The van der Waals surface area contributed by atoms with E-state index in [-0.39, 0.29) is 0 Å². The van der Waals surface area contributed by atoms with Gasteiger partial charge in [-0.25, -0.2) is 4.98 Å². The first-order valence-corrected chi connectivity index (χ1v) is 9.26. The van der Waals surface area contributed by atoms with E-state index in [1.54, 1.807) is 6.26 Å². The van der Waals surface area contributed by atoms with Crippen LogP contribution in [0.25, 0.3) is 11.3 Å². The molecule has 0 radical (unpaired) electrons. The molecule has 0 aliphatic rings. The Bertz CT molecular complexity index is 781. The number of benzene rings is 1. The normalized spacial score (nSPS) is 10.7. The minimum atomic E-state index is 0.596. The number of aromatic nitrogens is 2. The zero-order valence-electron chi connectivity index (χ0n) is 15.5. The van der Waals surface area contributed by atoms with Gasteiger partial charge in [-0.15, -0.1) is 0 Å². The molecule has 0 unspecified atom stereocenters. The van der Waals surface area contributed by atoms with Gasteiger partial charge in [-0.05, 0) is 25.0 Å². The highest BCUT2D eigenvalue weighted by atomic mass is 16.3. The molecule has 136 valence electrons. The van der Waals surface area contributed by atoms with Crippen molar-refractivity contribution in [2.75, 3.05) is 23.3 Å². The SMILES string of the molecule is CCCN(CCC)c1nc(NCc2ccco2)cc(-c2ccccc2)n1. The topological polar surface area (TPSA) is 54.2 Å². The van der Waals surface area contributed by atoms with Crippen LogP contribution in [0.2, 0.25) is 0 Å². The van der Waals surface area contributed by atoms with Gasteiger partial charge in [-0.1, -0.05) is 44.2 Å². The predicted octanol–water partition coefficient (Wildman–Crippen LogP) is 4.98. The Balaban J connectivity index is 1.92. The molecule has 0 atom stereocenters. The summed E-state index contributed by atoms with van der Waals surface area (Å²) in [6, 6.07) is 16.1. The maximum atomic E-state index is 5.41. The van der Waals surface area contributed by atoms with E-state index in [0.29, 0.717) is 6.54 Å². The molecular weight excluding hydrogens is 324 g/mol. The van der Waals surface area contributed by atoms with Crippen LogP contribution in [0, 0.1) is 0 Å². The molecule has 0 bridgehead atoms. The van der Waals surface area contributed by atoms with Crippen LogP contribution in [0.4, 0.5) is 11.8 Å². The number of nitrogens with one attached hydrogen (secondary N) is 1. The van der Waals surface area contributed by atoms with E-state index >= 15 is 0 Å². The van der Waals surface area contributed by atoms with Crippen LogP contribution in [0.5, 0.6) is 0 Å². The largest absolute Gasteiger partial charge is 0.467 e. The van der Waals surface area contributed by atoms with Crippen LogP contribution in [0.15, 0.2) is 59.2 Å². The third-order valence-electron chi connectivity index (χ3n) is 4.08. The van der Waals surface area contributed by atoms with E-state index < -0.39 is 0 Å². The smallest absolute Gasteiger partial charge is 0.227 e. The van der Waals surface area contributed by atoms with E-state index in [9.17, 15) is 0 Å². The van der Waals surface area contributed by atoms with E-state index in [1.807, 2.05) is 36.4 Å². The molecule has 26 heavy (non-hydrogen) atoms. The molecule has 3 aromatic rings. The first kappa shape index (κ1) is 18.0. The summed E-state index contributed by atoms with van der Waals surface area (Å²) in [5, 5.41) is 3.37. The zero-order chi connectivity index (χ0) is 18.2. The Morgan fingerprint density at radius 3 is 2.38 bits per heavy atom. The molecule has 2 aromatic heterocycles. The van der Waals surface area contributed by atoms with Crippen molar-refractivity contribution in [3.8, 4) is 11.3 Å². The molecule has 0 aliphatic carbocycles. The number of nitrogens with zero attached hydrogens (tertiary/aromatic N) is 3. The molecule has 3 rings (SSSR count). The van der Waals surface area contributed by atoms with Gasteiger partial charge >= 0.3 is 0 Å². The van der Waals surface area contributed by atoms with Crippen LogP contribution >= 0.6 is 0 Å². The fourth-order valence-corrected chi connectivity index (χ4v) is 2.87. The number of furan rings is 1. The molecule has 1 aromatic carbocycles. The first-order valence-electron chi connectivity index (χ1n) is 9.26. The van der Waals surface area contributed by atoms with Crippen molar-refractivity contribution in [1.29, 1.82) is 0 Å². The molecule has 0 spiro atoms. The molecule has 0 aliphatic heterocycles. The summed E-state index contributed by atoms with van der Waals surface area (Å²) >= 11 is 0. The minimum Gasteiger partial charge on any atom is -0.467 e. The number of anilines is 2. The summed E-state index contributed by atoms with van der Waals surface area (Å²) in [7, 11) is 0. The van der Waals surface area contributed by atoms with Gasteiger partial charge in [-0.2, -0.15) is 4.98 Å². The quantitative estimate of drug-likeness (QED) is 0.590. The molecule has 5 nitrogen and oxygen atoms in total. The second-order valence-electron chi connectivity index (χ2n) is 6.22. The van der Waals surface area contributed by atoms with Gasteiger partial charge in [-0.3, -0.25) is 0 Å². The highest BCUT2D eigenvalue weighted by Crippen LogP contribution is 2.23. The van der Waals surface area contributed by atoms with E-state index in [1.165, 1.54) is 0 Å². The van der Waals surface area contributed by atoms with Crippen LogP contribution in [0.3, 0.4) is 0 Å². The number of hydrogen-bond acceptors (Lipinski definition) is 5. The average molecular weight is 350 g/mol. The maximum absolute atomic E-state index is 5.41. The Labute approximate surface area is 155 Å². The van der Waals surface area contributed by atoms with E-state index in [0.717, 1.165) is 54.7 Å². The Kier molecular flexibility index (Phi) is 6.25. The third-order valence-corrected chi connectivity index (χ3v) is 4.08. The molecular formula is C21H26N4O. The van der Waals surface area contributed by atoms with Crippen molar-refractivity contribution < 1.29 is 4.42 Å². The lowest BCUT2D eigenvalue weighted by Crippen LogP contribution is -2.27. The van der Waals surface area contributed by atoms with Gasteiger partial charge in [0.05, 0.1) is 18.5 Å². The minimum absolute atomic E-state index is 0.596. The van der Waals surface area contributed by atoms with Crippen molar-refractivity contribution in [1.82, 2.24) is 9.97 Å². The molecule has 5 heteroatoms. The van der Waals surface area contributed by atoms with Crippen LogP contribution in [-0.4, -0.2) is 23.1 Å². The van der Waals surface area contributed by atoms with E-state index in [2.05, 4.69) is 36.2 Å². The number of rotatable bonds is 9. The fourth-order valence-electron chi connectivity index (χ4n) is 2.87. The lowest BCUT2D eigenvalue weighted by molar-refractivity contribution is 0.518. The van der Waals surface area contributed by atoms with Gasteiger partial charge < -0.3 is 14.6 Å². The lowest BCUT2D eigenvalue weighted by Gasteiger charge is -2.22. The van der Waals surface area contributed by atoms with Gasteiger partial charge in [0, 0.05) is 24.7 Å². The van der Waals surface area contributed by atoms with Crippen LogP contribution in [0.1, 0.15) is 32.4 Å². The Morgan fingerprint density at radius 1 is 0.962 bits per heavy atom. The molecule has 0 amide bonds. The Hall–Kier alpha value is -2.82. The van der Waals surface area contributed by atoms with Crippen molar-refractivity contribution in [2.24, 2.45) is 0 Å². The van der Waals surface area contributed by atoms with Gasteiger partial charge in [0.1, 0.15) is 11.6 Å². The van der Waals surface area contributed by atoms with E-state index in [4.69, 9.17) is 14.4 Å². The first-order chi connectivity index (χ1) is 12.8. The van der Waals surface area contributed by atoms with Crippen LogP contribution in [-0.2, 0) is 6.54 Å². The molecule has 1 N–H and O–H groups in total.